The van der Waals surface area contributed by atoms with Gasteiger partial charge < -0.3 is 5.11 Å². The summed E-state index contributed by atoms with van der Waals surface area (Å²) in [6, 6.07) is 0. The molecule has 0 aliphatic rings. The topological polar surface area (TPSA) is 37.3 Å². The van der Waals surface area contributed by atoms with Crippen molar-refractivity contribution in [1.82, 2.24) is 0 Å². The van der Waals surface area contributed by atoms with E-state index in [1.54, 1.807) is 0 Å². The van der Waals surface area contributed by atoms with Gasteiger partial charge in [-0.15, -0.1) is 11.6 Å². The maximum Gasteiger partial charge on any atom is 0.389 e. The van der Waals surface area contributed by atoms with Crippen LogP contribution in [0.15, 0.2) is 0 Å². The third kappa shape index (κ3) is 15.8. The molecule has 0 aromatic rings. The molecule has 0 radical (unpaired) electrons. The molecule has 1 N–H and O–H groups in total. The molecule has 0 aromatic heterocycles. The molecule has 2 nitrogen and oxygen atoms in total. The molecule has 0 saturated carbocycles. The molecule has 126 valence electrons. The Balaban J connectivity index is 3.14. The van der Waals surface area contributed by atoms with Crippen molar-refractivity contribution in [2.45, 2.75) is 88.6 Å². The lowest BCUT2D eigenvalue weighted by Crippen LogP contribution is -2.12. The average molecular weight is 331 g/mol. The fourth-order valence-electron chi connectivity index (χ4n) is 2.19. The minimum absolute atomic E-state index is 0.243. The van der Waals surface area contributed by atoms with Gasteiger partial charge in [0.05, 0.1) is 0 Å². The van der Waals surface area contributed by atoms with Gasteiger partial charge in [0, 0.05) is 6.42 Å². The van der Waals surface area contributed by atoms with E-state index < -0.39 is 23.9 Å². The van der Waals surface area contributed by atoms with Gasteiger partial charge in [-0.2, -0.15) is 13.2 Å². The Labute approximate surface area is 130 Å². The van der Waals surface area contributed by atoms with Crippen molar-refractivity contribution in [3.63, 3.8) is 0 Å². The molecule has 0 spiro atoms. The second-order valence-electron chi connectivity index (χ2n) is 5.50. The molecular weight excluding hydrogens is 305 g/mol. The van der Waals surface area contributed by atoms with Gasteiger partial charge in [0.25, 0.3) is 0 Å². The van der Waals surface area contributed by atoms with Crippen LogP contribution in [0.1, 0.15) is 77.0 Å². The van der Waals surface area contributed by atoms with Crippen LogP contribution in [0, 0.1) is 0 Å². The first-order valence-corrected chi connectivity index (χ1v) is 8.20. The highest BCUT2D eigenvalue weighted by Gasteiger charge is 2.25. The van der Waals surface area contributed by atoms with E-state index in [-0.39, 0.29) is 6.42 Å². The van der Waals surface area contributed by atoms with Crippen molar-refractivity contribution < 1.29 is 23.1 Å². The Morgan fingerprint density at radius 1 is 0.857 bits per heavy atom. The number of rotatable bonds is 13. The summed E-state index contributed by atoms with van der Waals surface area (Å²) in [6.45, 7) is 0. The molecule has 0 aromatic carbocycles. The minimum atomic E-state index is -4.01. The molecule has 1 unspecified atom stereocenters. The van der Waals surface area contributed by atoms with Crippen LogP contribution in [0.4, 0.5) is 13.2 Å². The Morgan fingerprint density at radius 3 is 1.62 bits per heavy atom. The van der Waals surface area contributed by atoms with Crippen LogP contribution in [-0.2, 0) is 4.79 Å². The monoisotopic (exact) mass is 330 g/mol. The summed E-state index contributed by atoms with van der Waals surface area (Å²) in [5, 5.41) is 7.82. The maximum atomic E-state index is 11.9. The summed E-state index contributed by atoms with van der Waals surface area (Å²) in [5.41, 5.74) is 0. The predicted octanol–water partition coefficient (Wildman–Crippen LogP) is 5.92. The molecule has 6 heteroatoms. The third-order valence-corrected chi connectivity index (χ3v) is 3.84. The van der Waals surface area contributed by atoms with Gasteiger partial charge in [-0.3, -0.25) is 4.79 Å². The summed E-state index contributed by atoms with van der Waals surface area (Å²) in [6.07, 6.45) is 4.77. The van der Waals surface area contributed by atoms with E-state index in [4.69, 9.17) is 16.7 Å². The van der Waals surface area contributed by atoms with Crippen molar-refractivity contribution >= 4 is 17.6 Å². The Bertz CT molecular complexity index is 270. The van der Waals surface area contributed by atoms with Crippen LogP contribution >= 0.6 is 11.6 Å². The van der Waals surface area contributed by atoms with Crippen LogP contribution in [0.3, 0.4) is 0 Å². The zero-order valence-electron chi connectivity index (χ0n) is 12.4. The lowest BCUT2D eigenvalue weighted by atomic mass is 10.0. The van der Waals surface area contributed by atoms with Gasteiger partial charge in [-0.05, 0) is 12.8 Å². The molecule has 0 aliphatic heterocycles. The van der Waals surface area contributed by atoms with Crippen molar-refractivity contribution in [3.8, 4) is 0 Å². The van der Waals surface area contributed by atoms with Gasteiger partial charge in [0.15, 0.2) is 0 Å². The van der Waals surface area contributed by atoms with Crippen LogP contribution in [0.2, 0.25) is 0 Å². The number of hydrogen-bond acceptors (Lipinski definition) is 1. The Hall–Kier alpha value is -0.450. The van der Waals surface area contributed by atoms with E-state index in [2.05, 4.69) is 0 Å². The van der Waals surface area contributed by atoms with Crippen LogP contribution in [0.5, 0.6) is 0 Å². The first-order chi connectivity index (χ1) is 9.83. The third-order valence-electron chi connectivity index (χ3n) is 3.44. The number of carboxylic acids is 1. The molecule has 0 saturated heterocycles. The maximum absolute atomic E-state index is 11.9. The number of halogens is 4. The molecule has 0 fully saturated rings. The number of carbonyl (C=O) groups is 1. The number of unbranched alkanes of at least 4 members (excludes halogenated alkanes) is 9. The number of hydrogen-bond donors (Lipinski definition) is 1. The first kappa shape index (κ1) is 20.6. The second-order valence-corrected chi connectivity index (χ2v) is 6.02. The van der Waals surface area contributed by atoms with Gasteiger partial charge in [0.1, 0.15) is 5.38 Å². The smallest absolute Gasteiger partial charge is 0.389 e. The van der Waals surface area contributed by atoms with E-state index in [0.29, 0.717) is 12.8 Å². The first-order valence-electron chi connectivity index (χ1n) is 7.76. The van der Waals surface area contributed by atoms with Crippen LogP contribution in [0.25, 0.3) is 0 Å². The fraction of sp³-hybridized carbons (Fsp3) is 0.933. The normalized spacial score (nSPS) is 13.3. The molecule has 21 heavy (non-hydrogen) atoms. The summed E-state index contributed by atoms with van der Waals surface area (Å²) in [4.78, 5) is 10.5. The van der Waals surface area contributed by atoms with Crippen molar-refractivity contribution in [1.29, 1.82) is 0 Å². The zero-order chi connectivity index (χ0) is 16.1. The van der Waals surface area contributed by atoms with E-state index in [9.17, 15) is 18.0 Å². The van der Waals surface area contributed by atoms with Crippen molar-refractivity contribution in [2.75, 3.05) is 0 Å². The highest BCUT2D eigenvalue weighted by atomic mass is 35.5. The van der Waals surface area contributed by atoms with E-state index in [0.717, 1.165) is 51.4 Å². The van der Waals surface area contributed by atoms with Gasteiger partial charge in [0.2, 0.25) is 0 Å². The fourth-order valence-corrected chi connectivity index (χ4v) is 2.34. The van der Waals surface area contributed by atoms with Gasteiger partial charge >= 0.3 is 12.1 Å². The van der Waals surface area contributed by atoms with Gasteiger partial charge in [-0.1, -0.05) is 57.8 Å². The molecule has 0 rings (SSSR count). The number of alkyl halides is 4. The van der Waals surface area contributed by atoms with Crippen molar-refractivity contribution in [3.05, 3.63) is 0 Å². The van der Waals surface area contributed by atoms with E-state index in [1.165, 1.54) is 0 Å². The van der Waals surface area contributed by atoms with E-state index >= 15 is 0 Å². The molecule has 1 atom stereocenters. The Kier molecular flexibility index (Phi) is 11.9. The highest BCUT2D eigenvalue weighted by Crippen LogP contribution is 2.23. The quantitative estimate of drug-likeness (QED) is 0.336. The number of aliphatic carboxylic acids is 1. The highest BCUT2D eigenvalue weighted by molar-refractivity contribution is 6.29. The summed E-state index contributed by atoms with van der Waals surface area (Å²) < 4.78 is 35.7. The predicted molar refractivity (Wildman–Crippen MR) is 78.7 cm³/mol. The largest absolute Gasteiger partial charge is 0.480 e. The molecule has 0 amide bonds. The summed E-state index contributed by atoms with van der Waals surface area (Å²) >= 11 is 5.60. The van der Waals surface area contributed by atoms with Gasteiger partial charge in [-0.25, -0.2) is 0 Å². The lowest BCUT2D eigenvalue weighted by molar-refractivity contribution is -0.137. The lowest BCUT2D eigenvalue weighted by Gasteiger charge is -2.06. The summed E-state index contributed by atoms with van der Waals surface area (Å²) in [7, 11) is 0. The van der Waals surface area contributed by atoms with Crippen LogP contribution in [-0.4, -0.2) is 22.6 Å². The molecular formula is C15H26ClF3O2. The SMILES string of the molecule is O=C(O)C(Cl)CCCCCCCCCCCCC(F)(F)F. The van der Waals surface area contributed by atoms with Crippen LogP contribution < -0.4 is 0 Å². The average Bonchev–Trinajstić information content (AvgIpc) is 2.38. The standard InChI is InChI=1S/C15H26ClF3O2/c16-13(14(20)21)11-9-7-5-3-1-2-4-6-8-10-12-15(17,18)19/h13H,1-12H2,(H,20,21). The second kappa shape index (κ2) is 12.1. The Morgan fingerprint density at radius 2 is 1.24 bits per heavy atom. The molecule has 0 bridgehead atoms. The van der Waals surface area contributed by atoms with E-state index in [1.807, 2.05) is 0 Å². The molecule has 0 heterocycles. The molecule has 0 aliphatic carbocycles. The minimum Gasteiger partial charge on any atom is -0.480 e. The summed E-state index contributed by atoms with van der Waals surface area (Å²) in [5.74, 6) is -0.956. The number of carboxylic acid groups (broad SMARTS) is 1. The zero-order valence-corrected chi connectivity index (χ0v) is 13.2. The van der Waals surface area contributed by atoms with Crippen molar-refractivity contribution in [2.24, 2.45) is 0 Å².